The number of carbonyl (C=O) groups is 3. The number of aromatic carboxylic acids is 1. The summed E-state index contributed by atoms with van der Waals surface area (Å²) in [5.74, 6) is -2.06. The van der Waals surface area contributed by atoms with Gasteiger partial charge in [-0.15, -0.1) is 0 Å². The highest BCUT2D eigenvalue weighted by molar-refractivity contribution is 6.34. The van der Waals surface area contributed by atoms with Crippen molar-refractivity contribution in [3.63, 3.8) is 0 Å². The maximum absolute atomic E-state index is 12.8. The number of hydrogen-bond donors (Lipinski definition) is 2. The molecule has 1 aliphatic rings. The Morgan fingerprint density at radius 2 is 2.00 bits per heavy atom. The topological polar surface area (TPSA) is 95.9 Å². The molecule has 2 aromatic rings. The molecule has 0 spiro atoms. The Balaban J connectivity index is 1.91. The summed E-state index contributed by atoms with van der Waals surface area (Å²) in [6.07, 6.45) is 1.51. The van der Waals surface area contributed by atoms with Crippen LogP contribution in [0.25, 0.3) is 0 Å². The van der Waals surface area contributed by atoms with Crippen LogP contribution in [0.3, 0.4) is 0 Å². The lowest BCUT2D eigenvalue weighted by atomic mass is 9.97. The lowest BCUT2D eigenvalue weighted by molar-refractivity contribution is -0.148. The number of rotatable bonds is 6. The number of benzene rings is 2. The normalized spacial score (nSPS) is 16.1. The number of amides is 1. The average Bonchev–Trinajstić information content (AvgIpc) is 2.74. The van der Waals surface area contributed by atoms with Crippen molar-refractivity contribution in [1.29, 1.82) is 0 Å². The second-order valence-corrected chi connectivity index (χ2v) is 7.42. The van der Waals surface area contributed by atoms with Gasteiger partial charge in [0, 0.05) is 13.1 Å². The molecule has 1 unspecified atom stereocenters. The SMILES string of the molecule is CCOC(=O)C1CCCN(c2ccc(C(=O)O)cc2NC(=O)c2ccccc2Cl)C1. The van der Waals surface area contributed by atoms with Gasteiger partial charge in [0.2, 0.25) is 0 Å². The number of hydrogen-bond acceptors (Lipinski definition) is 5. The predicted molar refractivity (Wildman–Crippen MR) is 114 cm³/mol. The van der Waals surface area contributed by atoms with E-state index in [1.54, 1.807) is 37.3 Å². The molecule has 1 aliphatic heterocycles. The van der Waals surface area contributed by atoms with Crippen LogP contribution < -0.4 is 10.2 Å². The monoisotopic (exact) mass is 430 g/mol. The number of piperidine rings is 1. The fourth-order valence-corrected chi connectivity index (χ4v) is 3.75. The van der Waals surface area contributed by atoms with Crippen molar-refractivity contribution < 1.29 is 24.2 Å². The van der Waals surface area contributed by atoms with E-state index in [1.807, 2.05) is 4.90 Å². The standard InChI is InChI=1S/C22H23ClN2O5/c1-2-30-22(29)15-6-5-11-25(13-15)19-10-9-14(21(27)28)12-18(19)24-20(26)16-7-3-4-8-17(16)23/h3-4,7-10,12,15H,2,5-6,11,13H2,1H3,(H,24,26)(H,27,28). The van der Waals surface area contributed by atoms with Crippen LogP contribution in [0.1, 0.15) is 40.5 Å². The largest absolute Gasteiger partial charge is 0.478 e. The summed E-state index contributed by atoms with van der Waals surface area (Å²) in [5, 5.41) is 12.5. The summed E-state index contributed by atoms with van der Waals surface area (Å²) in [7, 11) is 0. The number of anilines is 2. The average molecular weight is 431 g/mol. The zero-order valence-electron chi connectivity index (χ0n) is 16.6. The van der Waals surface area contributed by atoms with Gasteiger partial charge in [-0.25, -0.2) is 4.79 Å². The minimum Gasteiger partial charge on any atom is -0.478 e. The van der Waals surface area contributed by atoms with Crippen molar-refractivity contribution >= 4 is 40.8 Å². The van der Waals surface area contributed by atoms with Gasteiger partial charge in [-0.05, 0) is 50.1 Å². The minimum atomic E-state index is -1.10. The number of carboxylic acid groups (broad SMARTS) is 1. The van der Waals surface area contributed by atoms with E-state index in [1.165, 1.54) is 12.1 Å². The lowest BCUT2D eigenvalue weighted by Crippen LogP contribution is -2.39. The molecule has 8 heteroatoms. The smallest absolute Gasteiger partial charge is 0.335 e. The first kappa shape index (κ1) is 21.6. The highest BCUT2D eigenvalue weighted by Gasteiger charge is 2.28. The molecule has 0 radical (unpaired) electrons. The van der Waals surface area contributed by atoms with E-state index >= 15 is 0 Å². The van der Waals surface area contributed by atoms with Crippen molar-refractivity contribution in [3.05, 3.63) is 58.6 Å². The molecule has 1 amide bonds. The molecule has 2 N–H and O–H groups in total. The zero-order valence-corrected chi connectivity index (χ0v) is 17.3. The first-order valence-corrected chi connectivity index (χ1v) is 10.1. The second-order valence-electron chi connectivity index (χ2n) is 7.01. The summed E-state index contributed by atoms with van der Waals surface area (Å²) < 4.78 is 5.15. The molecule has 2 aromatic carbocycles. The van der Waals surface area contributed by atoms with Gasteiger partial charge in [0.25, 0.3) is 5.91 Å². The summed E-state index contributed by atoms with van der Waals surface area (Å²) in [6.45, 7) is 3.20. The van der Waals surface area contributed by atoms with Crippen LogP contribution in [0, 0.1) is 5.92 Å². The van der Waals surface area contributed by atoms with Crippen LogP contribution in [0.2, 0.25) is 5.02 Å². The van der Waals surface area contributed by atoms with Gasteiger partial charge in [-0.2, -0.15) is 0 Å². The van der Waals surface area contributed by atoms with E-state index < -0.39 is 11.9 Å². The molecular weight excluding hydrogens is 408 g/mol. The molecule has 0 saturated carbocycles. The van der Waals surface area contributed by atoms with E-state index in [2.05, 4.69) is 5.32 Å². The molecule has 1 atom stereocenters. The summed E-state index contributed by atoms with van der Waals surface area (Å²) >= 11 is 6.12. The number of esters is 1. The van der Waals surface area contributed by atoms with Crippen LogP contribution in [0.15, 0.2) is 42.5 Å². The van der Waals surface area contributed by atoms with Crippen LogP contribution in [0.4, 0.5) is 11.4 Å². The Hall–Kier alpha value is -3.06. The lowest BCUT2D eigenvalue weighted by Gasteiger charge is -2.34. The van der Waals surface area contributed by atoms with E-state index in [9.17, 15) is 19.5 Å². The van der Waals surface area contributed by atoms with Gasteiger partial charge in [0.1, 0.15) is 0 Å². The van der Waals surface area contributed by atoms with Gasteiger partial charge < -0.3 is 20.1 Å². The highest BCUT2D eigenvalue weighted by Crippen LogP contribution is 2.32. The van der Waals surface area contributed by atoms with Crippen molar-refractivity contribution in [2.24, 2.45) is 5.92 Å². The van der Waals surface area contributed by atoms with E-state index in [0.717, 1.165) is 12.8 Å². The molecule has 158 valence electrons. The number of halogens is 1. The molecule has 0 aliphatic carbocycles. The van der Waals surface area contributed by atoms with Crippen molar-refractivity contribution in [2.75, 3.05) is 29.9 Å². The van der Waals surface area contributed by atoms with Crippen LogP contribution >= 0.6 is 11.6 Å². The fraction of sp³-hybridized carbons (Fsp3) is 0.318. The first-order chi connectivity index (χ1) is 14.4. The van der Waals surface area contributed by atoms with Crippen LogP contribution in [-0.2, 0) is 9.53 Å². The molecule has 3 rings (SSSR count). The molecule has 1 fully saturated rings. The van der Waals surface area contributed by atoms with E-state index in [0.29, 0.717) is 36.1 Å². The number of carbonyl (C=O) groups excluding carboxylic acids is 2. The molecule has 0 bridgehead atoms. The number of ether oxygens (including phenoxy) is 1. The van der Waals surface area contributed by atoms with Gasteiger partial charge in [0.15, 0.2) is 0 Å². The zero-order chi connectivity index (χ0) is 21.7. The maximum atomic E-state index is 12.8. The Bertz CT molecular complexity index is 962. The van der Waals surface area contributed by atoms with Crippen molar-refractivity contribution in [3.8, 4) is 0 Å². The number of carboxylic acids is 1. The second kappa shape index (κ2) is 9.63. The van der Waals surface area contributed by atoms with Gasteiger partial charge in [0.05, 0.1) is 40.0 Å². The molecule has 1 heterocycles. The molecule has 0 aromatic heterocycles. The third-order valence-corrected chi connectivity index (χ3v) is 5.32. The number of nitrogens with zero attached hydrogens (tertiary/aromatic N) is 1. The van der Waals surface area contributed by atoms with Crippen molar-refractivity contribution in [1.82, 2.24) is 0 Å². The Morgan fingerprint density at radius 1 is 1.23 bits per heavy atom. The Labute approximate surface area is 179 Å². The van der Waals surface area contributed by atoms with Gasteiger partial charge >= 0.3 is 11.9 Å². The molecular formula is C22H23ClN2O5. The third kappa shape index (κ3) is 4.91. The highest BCUT2D eigenvalue weighted by atomic mass is 35.5. The van der Waals surface area contributed by atoms with Gasteiger partial charge in [-0.3, -0.25) is 9.59 Å². The van der Waals surface area contributed by atoms with Crippen LogP contribution in [0.5, 0.6) is 0 Å². The maximum Gasteiger partial charge on any atom is 0.335 e. The minimum absolute atomic E-state index is 0.0483. The molecule has 7 nitrogen and oxygen atoms in total. The van der Waals surface area contributed by atoms with Gasteiger partial charge in [-0.1, -0.05) is 23.7 Å². The summed E-state index contributed by atoms with van der Waals surface area (Å²) in [4.78, 5) is 38.4. The van der Waals surface area contributed by atoms with Crippen molar-refractivity contribution in [2.45, 2.75) is 19.8 Å². The van der Waals surface area contributed by atoms with E-state index in [-0.39, 0.29) is 23.0 Å². The Morgan fingerprint density at radius 3 is 2.70 bits per heavy atom. The fourth-order valence-electron chi connectivity index (χ4n) is 3.53. The number of nitrogens with one attached hydrogen (secondary N) is 1. The Kier molecular flexibility index (Phi) is 6.95. The van der Waals surface area contributed by atoms with Crippen LogP contribution in [-0.4, -0.2) is 42.6 Å². The van der Waals surface area contributed by atoms with E-state index in [4.69, 9.17) is 16.3 Å². The summed E-state index contributed by atoms with van der Waals surface area (Å²) in [5.41, 5.74) is 1.33. The molecule has 1 saturated heterocycles. The molecule has 30 heavy (non-hydrogen) atoms. The quantitative estimate of drug-likeness (QED) is 0.670. The third-order valence-electron chi connectivity index (χ3n) is 4.99. The first-order valence-electron chi connectivity index (χ1n) is 9.75. The summed E-state index contributed by atoms with van der Waals surface area (Å²) in [6, 6.07) is 11.2. The predicted octanol–water partition coefficient (Wildman–Crippen LogP) is 4.07.